The van der Waals surface area contributed by atoms with Crippen LogP contribution in [0.5, 0.6) is 0 Å². The van der Waals surface area contributed by atoms with Gasteiger partial charge in [-0.15, -0.1) is 0 Å². The van der Waals surface area contributed by atoms with Crippen molar-refractivity contribution < 1.29 is 9.90 Å². The van der Waals surface area contributed by atoms with Gasteiger partial charge in [-0.2, -0.15) is 0 Å². The first kappa shape index (κ1) is 12.4. The van der Waals surface area contributed by atoms with Crippen molar-refractivity contribution >= 4 is 5.97 Å². The molecule has 0 unspecified atom stereocenters. The van der Waals surface area contributed by atoms with Crippen molar-refractivity contribution in [3.8, 4) is 11.1 Å². The fourth-order valence-electron chi connectivity index (χ4n) is 1.98. The van der Waals surface area contributed by atoms with E-state index in [1.807, 2.05) is 18.2 Å². The molecule has 0 aromatic heterocycles. The quantitative estimate of drug-likeness (QED) is 0.876. The van der Waals surface area contributed by atoms with Crippen molar-refractivity contribution in [1.29, 1.82) is 0 Å². The predicted molar refractivity (Wildman–Crippen MR) is 72.8 cm³/mol. The number of hydrogen-bond acceptors (Lipinski definition) is 1. The van der Waals surface area contributed by atoms with Gasteiger partial charge in [-0.1, -0.05) is 49.7 Å². The summed E-state index contributed by atoms with van der Waals surface area (Å²) in [6.45, 7) is 2.16. The lowest BCUT2D eigenvalue weighted by Gasteiger charge is -2.05. The van der Waals surface area contributed by atoms with Crippen LogP contribution in [0.2, 0.25) is 0 Å². The van der Waals surface area contributed by atoms with E-state index in [0.717, 1.165) is 24.0 Å². The highest BCUT2D eigenvalue weighted by Crippen LogP contribution is 2.21. The maximum absolute atomic E-state index is 10.9. The number of benzene rings is 2. The van der Waals surface area contributed by atoms with E-state index in [0.29, 0.717) is 5.56 Å². The van der Waals surface area contributed by atoms with Crippen molar-refractivity contribution in [3.05, 3.63) is 59.7 Å². The third kappa shape index (κ3) is 2.77. The molecule has 2 aromatic rings. The molecule has 0 saturated carbocycles. The average molecular weight is 240 g/mol. The van der Waals surface area contributed by atoms with Gasteiger partial charge in [0.15, 0.2) is 0 Å². The predicted octanol–water partition coefficient (Wildman–Crippen LogP) is 4.00. The van der Waals surface area contributed by atoms with Crippen molar-refractivity contribution in [2.45, 2.75) is 19.8 Å². The molecule has 92 valence electrons. The number of aromatic carboxylic acids is 1. The maximum atomic E-state index is 10.9. The van der Waals surface area contributed by atoms with Crippen LogP contribution >= 0.6 is 0 Å². The largest absolute Gasteiger partial charge is 0.478 e. The molecule has 2 aromatic carbocycles. The van der Waals surface area contributed by atoms with Crippen LogP contribution in [0.15, 0.2) is 48.5 Å². The molecule has 2 heteroatoms. The number of rotatable bonds is 4. The van der Waals surface area contributed by atoms with Gasteiger partial charge in [-0.25, -0.2) is 4.79 Å². The highest BCUT2D eigenvalue weighted by Gasteiger charge is 2.04. The van der Waals surface area contributed by atoms with E-state index in [2.05, 4.69) is 19.1 Å². The molecular weight excluding hydrogens is 224 g/mol. The number of aryl methyl sites for hydroxylation is 1. The molecule has 18 heavy (non-hydrogen) atoms. The third-order valence-corrected chi connectivity index (χ3v) is 2.94. The zero-order valence-electron chi connectivity index (χ0n) is 10.4. The van der Waals surface area contributed by atoms with Crippen LogP contribution in [0.3, 0.4) is 0 Å². The molecule has 0 saturated heterocycles. The lowest BCUT2D eigenvalue weighted by Crippen LogP contribution is -1.95. The van der Waals surface area contributed by atoms with Gasteiger partial charge in [0, 0.05) is 0 Å². The summed E-state index contributed by atoms with van der Waals surface area (Å²) in [5.74, 6) is -0.889. The second kappa shape index (κ2) is 5.50. The highest BCUT2D eigenvalue weighted by molar-refractivity contribution is 5.89. The molecule has 1 N–H and O–H groups in total. The standard InChI is InChI=1S/C16H16O2/c1-2-4-12-7-9-13(10-8-12)14-5-3-6-15(11-14)16(17)18/h3,5-11H,2,4H2,1H3,(H,17,18). The molecule has 0 radical (unpaired) electrons. The fourth-order valence-corrected chi connectivity index (χ4v) is 1.98. The van der Waals surface area contributed by atoms with Crippen LogP contribution in [0.25, 0.3) is 11.1 Å². The molecule has 0 atom stereocenters. The Kier molecular flexibility index (Phi) is 3.78. The van der Waals surface area contributed by atoms with Crippen molar-refractivity contribution in [1.82, 2.24) is 0 Å². The van der Waals surface area contributed by atoms with Crippen LogP contribution in [0.4, 0.5) is 0 Å². The maximum Gasteiger partial charge on any atom is 0.335 e. The normalized spacial score (nSPS) is 10.3. The summed E-state index contributed by atoms with van der Waals surface area (Å²) in [7, 11) is 0. The third-order valence-electron chi connectivity index (χ3n) is 2.94. The molecule has 0 aliphatic rings. The van der Waals surface area contributed by atoms with E-state index in [1.165, 1.54) is 5.56 Å². The molecule has 2 rings (SSSR count). The Labute approximate surface area is 107 Å². The number of carboxylic acid groups (broad SMARTS) is 1. The summed E-state index contributed by atoms with van der Waals surface area (Å²) in [5, 5.41) is 8.97. The van der Waals surface area contributed by atoms with Crippen molar-refractivity contribution in [3.63, 3.8) is 0 Å². The van der Waals surface area contributed by atoms with Crippen LogP contribution in [0.1, 0.15) is 29.3 Å². The molecule has 0 spiro atoms. The average Bonchev–Trinajstić information content (AvgIpc) is 2.40. The van der Waals surface area contributed by atoms with Gasteiger partial charge < -0.3 is 5.11 Å². The second-order valence-corrected chi connectivity index (χ2v) is 4.33. The Balaban J connectivity index is 2.30. The first-order valence-electron chi connectivity index (χ1n) is 6.13. The molecule has 2 nitrogen and oxygen atoms in total. The molecule has 0 amide bonds. The van der Waals surface area contributed by atoms with Crippen molar-refractivity contribution in [2.75, 3.05) is 0 Å². The monoisotopic (exact) mass is 240 g/mol. The van der Waals surface area contributed by atoms with Crippen molar-refractivity contribution in [2.24, 2.45) is 0 Å². The highest BCUT2D eigenvalue weighted by atomic mass is 16.4. The lowest BCUT2D eigenvalue weighted by atomic mass is 10.0. The minimum Gasteiger partial charge on any atom is -0.478 e. The zero-order valence-corrected chi connectivity index (χ0v) is 10.4. The first-order valence-corrected chi connectivity index (χ1v) is 6.13. The summed E-state index contributed by atoms with van der Waals surface area (Å²) in [6, 6.07) is 15.3. The second-order valence-electron chi connectivity index (χ2n) is 4.33. The molecule has 0 aliphatic heterocycles. The summed E-state index contributed by atoms with van der Waals surface area (Å²) < 4.78 is 0. The lowest BCUT2D eigenvalue weighted by molar-refractivity contribution is 0.0697. The molecule has 0 fully saturated rings. The Hall–Kier alpha value is -2.09. The Bertz CT molecular complexity index is 541. The van der Waals surface area contributed by atoms with E-state index in [1.54, 1.807) is 18.2 Å². The Morgan fingerprint density at radius 1 is 1.06 bits per heavy atom. The molecule has 0 heterocycles. The van der Waals surface area contributed by atoms with Gasteiger partial charge in [0.25, 0.3) is 0 Å². The van der Waals surface area contributed by atoms with Gasteiger partial charge in [-0.3, -0.25) is 0 Å². The van der Waals surface area contributed by atoms with Gasteiger partial charge in [0.05, 0.1) is 5.56 Å². The summed E-state index contributed by atoms with van der Waals surface area (Å²) in [5.41, 5.74) is 3.64. The Morgan fingerprint density at radius 2 is 1.78 bits per heavy atom. The minimum absolute atomic E-state index is 0.324. The number of hydrogen-bond donors (Lipinski definition) is 1. The summed E-state index contributed by atoms with van der Waals surface area (Å²) in [4.78, 5) is 10.9. The zero-order chi connectivity index (χ0) is 13.0. The van der Waals surface area contributed by atoms with Crippen LogP contribution in [-0.2, 0) is 6.42 Å². The molecule has 0 aliphatic carbocycles. The van der Waals surface area contributed by atoms with Gasteiger partial charge >= 0.3 is 5.97 Å². The number of carboxylic acids is 1. The first-order chi connectivity index (χ1) is 8.70. The fraction of sp³-hybridized carbons (Fsp3) is 0.188. The topological polar surface area (TPSA) is 37.3 Å². The molecule has 0 bridgehead atoms. The van der Waals surface area contributed by atoms with E-state index < -0.39 is 5.97 Å². The van der Waals surface area contributed by atoms with Gasteiger partial charge in [0.2, 0.25) is 0 Å². The van der Waals surface area contributed by atoms with Gasteiger partial charge in [0.1, 0.15) is 0 Å². The Morgan fingerprint density at radius 3 is 2.39 bits per heavy atom. The SMILES string of the molecule is CCCc1ccc(-c2cccc(C(=O)O)c2)cc1. The van der Waals surface area contributed by atoms with E-state index in [4.69, 9.17) is 5.11 Å². The number of carbonyl (C=O) groups is 1. The smallest absolute Gasteiger partial charge is 0.335 e. The van der Waals surface area contributed by atoms with Crippen LogP contribution in [-0.4, -0.2) is 11.1 Å². The minimum atomic E-state index is -0.889. The van der Waals surface area contributed by atoms with Gasteiger partial charge in [-0.05, 0) is 35.2 Å². The van der Waals surface area contributed by atoms with E-state index in [-0.39, 0.29) is 0 Å². The summed E-state index contributed by atoms with van der Waals surface area (Å²) in [6.07, 6.45) is 2.21. The molecular formula is C16H16O2. The van der Waals surface area contributed by atoms with E-state index >= 15 is 0 Å². The summed E-state index contributed by atoms with van der Waals surface area (Å²) >= 11 is 0. The van der Waals surface area contributed by atoms with Crippen LogP contribution in [0, 0.1) is 0 Å². The van der Waals surface area contributed by atoms with Crippen LogP contribution < -0.4 is 0 Å². The van der Waals surface area contributed by atoms with E-state index in [9.17, 15) is 4.79 Å².